The van der Waals surface area contributed by atoms with Crippen LogP contribution in [0.4, 0.5) is 0 Å². The summed E-state index contributed by atoms with van der Waals surface area (Å²) in [6, 6.07) is 5.46. The molecular formula is C19H22N4O3. The number of fused-ring (bicyclic) bond motifs is 1. The van der Waals surface area contributed by atoms with Gasteiger partial charge in [0, 0.05) is 31.3 Å². The summed E-state index contributed by atoms with van der Waals surface area (Å²) in [6.45, 7) is 2.60. The van der Waals surface area contributed by atoms with Gasteiger partial charge in [-0.1, -0.05) is 0 Å². The minimum Gasteiger partial charge on any atom is -0.491 e. The second-order valence-corrected chi connectivity index (χ2v) is 6.95. The zero-order chi connectivity index (χ0) is 17.8. The summed E-state index contributed by atoms with van der Waals surface area (Å²) in [7, 11) is 0. The molecule has 2 unspecified atom stereocenters. The minimum absolute atomic E-state index is 0.00956. The maximum atomic E-state index is 12.9. The average Bonchev–Trinajstić information content (AvgIpc) is 2.73. The molecule has 0 spiro atoms. The van der Waals surface area contributed by atoms with E-state index in [1.165, 1.54) is 6.20 Å². The van der Waals surface area contributed by atoms with E-state index in [2.05, 4.69) is 15.2 Å². The molecule has 2 aliphatic heterocycles. The Morgan fingerprint density at radius 2 is 2.27 bits per heavy atom. The average molecular weight is 354 g/mol. The van der Waals surface area contributed by atoms with Crippen LogP contribution in [0, 0.1) is 5.41 Å². The molecule has 0 bridgehead atoms. The summed E-state index contributed by atoms with van der Waals surface area (Å²) in [5.41, 5.74) is 0.376. The third-order valence-corrected chi connectivity index (χ3v) is 5.27. The van der Waals surface area contributed by atoms with Crippen molar-refractivity contribution in [2.75, 3.05) is 26.3 Å². The molecule has 0 aliphatic carbocycles. The van der Waals surface area contributed by atoms with E-state index < -0.39 is 0 Å². The number of nitrogens with zero attached hydrogens (tertiary/aromatic N) is 4. The molecule has 1 amide bonds. The number of carbonyl (C=O) groups is 1. The van der Waals surface area contributed by atoms with Gasteiger partial charge in [-0.2, -0.15) is 10.2 Å². The van der Waals surface area contributed by atoms with E-state index in [4.69, 9.17) is 9.47 Å². The van der Waals surface area contributed by atoms with E-state index in [-0.39, 0.29) is 17.4 Å². The van der Waals surface area contributed by atoms with Crippen molar-refractivity contribution in [3.63, 3.8) is 0 Å². The Balaban J connectivity index is 1.52. The lowest BCUT2D eigenvalue weighted by atomic mass is 9.73. The molecule has 0 saturated carbocycles. The quantitative estimate of drug-likeness (QED) is 0.835. The monoisotopic (exact) mass is 354 g/mol. The largest absolute Gasteiger partial charge is 0.491 e. The summed E-state index contributed by atoms with van der Waals surface area (Å²) in [6.07, 6.45) is 9.40. The first-order chi connectivity index (χ1) is 12.8. The Morgan fingerprint density at radius 3 is 3.08 bits per heavy atom. The molecule has 2 aromatic rings. The normalized spacial score (nSPS) is 25.4. The fourth-order valence-corrected chi connectivity index (χ4v) is 3.93. The number of aromatic nitrogens is 3. The van der Waals surface area contributed by atoms with Crippen LogP contribution < -0.4 is 4.74 Å². The summed E-state index contributed by atoms with van der Waals surface area (Å²) >= 11 is 0. The number of piperidine rings is 1. The van der Waals surface area contributed by atoms with Gasteiger partial charge in [0.05, 0.1) is 36.9 Å². The van der Waals surface area contributed by atoms with Gasteiger partial charge in [-0.3, -0.25) is 9.78 Å². The highest BCUT2D eigenvalue weighted by atomic mass is 16.5. The van der Waals surface area contributed by atoms with E-state index in [0.717, 1.165) is 31.6 Å². The van der Waals surface area contributed by atoms with Crippen LogP contribution in [-0.4, -0.2) is 58.4 Å². The van der Waals surface area contributed by atoms with Crippen molar-refractivity contribution >= 4 is 5.91 Å². The smallest absolute Gasteiger partial charge is 0.255 e. The Morgan fingerprint density at radius 1 is 1.31 bits per heavy atom. The zero-order valence-electron chi connectivity index (χ0n) is 14.6. The molecule has 2 atom stereocenters. The summed E-state index contributed by atoms with van der Waals surface area (Å²) in [5, 5.41) is 7.57. The molecule has 2 saturated heterocycles. The van der Waals surface area contributed by atoms with Crippen LogP contribution in [0.2, 0.25) is 0 Å². The number of likely N-dealkylation sites (tertiary alicyclic amines) is 1. The van der Waals surface area contributed by atoms with Crippen molar-refractivity contribution in [1.29, 1.82) is 0 Å². The van der Waals surface area contributed by atoms with Crippen LogP contribution in [0.5, 0.6) is 5.75 Å². The maximum Gasteiger partial charge on any atom is 0.255 e. The predicted molar refractivity (Wildman–Crippen MR) is 93.7 cm³/mol. The highest BCUT2D eigenvalue weighted by Gasteiger charge is 2.47. The Labute approximate surface area is 152 Å². The first kappa shape index (κ1) is 16.9. The lowest BCUT2D eigenvalue weighted by Crippen LogP contribution is -2.58. The van der Waals surface area contributed by atoms with E-state index in [1.54, 1.807) is 24.7 Å². The summed E-state index contributed by atoms with van der Waals surface area (Å²) < 4.78 is 12.1. The van der Waals surface area contributed by atoms with Gasteiger partial charge < -0.3 is 14.4 Å². The second-order valence-electron chi connectivity index (χ2n) is 6.95. The first-order valence-electron chi connectivity index (χ1n) is 8.97. The molecule has 7 nitrogen and oxygen atoms in total. The van der Waals surface area contributed by atoms with Crippen molar-refractivity contribution in [3.8, 4) is 5.75 Å². The number of carbonyl (C=O) groups excluding carboxylic acids is 1. The molecule has 0 radical (unpaired) electrons. The fraction of sp³-hybridized carbons (Fsp3) is 0.474. The van der Waals surface area contributed by atoms with E-state index in [9.17, 15) is 4.79 Å². The Kier molecular flexibility index (Phi) is 4.79. The van der Waals surface area contributed by atoms with Crippen LogP contribution in [-0.2, 0) is 4.74 Å². The molecule has 26 heavy (non-hydrogen) atoms. The molecule has 2 aromatic heterocycles. The van der Waals surface area contributed by atoms with Crippen LogP contribution in [0.3, 0.4) is 0 Å². The van der Waals surface area contributed by atoms with Crippen LogP contribution in [0.15, 0.2) is 43.0 Å². The topological polar surface area (TPSA) is 77.4 Å². The van der Waals surface area contributed by atoms with Gasteiger partial charge >= 0.3 is 0 Å². The highest BCUT2D eigenvalue weighted by molar-refractivity contribution is 5.93. The molecule has 0 N–H and O–H groups in total. The van der Waals surface area contributed by atoms with Crippen molar-refractivity contribution in [3.05, 3.63) is 48.5 Å². The molecule has 136 valence electrons. The number of ether oxygens (including phenoxy) is 2. The third kappa shape index (κ3) is 3.39. The van der Waals surface area contributed by atoms with Crippen LogP contribution in [0.1, 0.15) is 29.6 Å². The third-order valence-electron chi connectivity index (χ3n) is 5.27. The molecular weight excluding hydrogens is 332 g/mol. The van der Waals surface area contributed by atoms with Gasteiger partial charge in [-0.25, -0.2) is 0 Å². The van der Waals surface area contributed by atoms with Gasteiger partial charge in [0.25, 0.3) is 5.91 Å². The van der Waals surface area contributed by atoms with Gasteiger partial charge in [0.1, 0.15) is 5.75 Å². The van der Waals surface area contributed by atoms with E-state index in [1.807, 2.05) is 17.0 Å². The fourth-order valence-electron chi connectivity index (χ4n) is 3.93. The molecule has 2 fully saturated rings. The molecule has 4 heterocycles. The van der Waals surface area contributed by atoms with E-state index in [0.29, 0.717) is 25.3 Å². The SMILES string of the molecule is O=C(c1ccnnc1)N1CCC2OCCCC2(COc2cccnc2)C1. The number of amides is 1. The van der Waals surface area contributed by atoms with E-state index >= 15 is 0 Å². The lowest BCUT2D eigenvalue weighted by molar-refractivity contribution is -0.133. The summed E-state index contributed by atoms with van der Waals surface area (Å²) in [4.78, 5) is 18.9. The van der Waals surface area contributed by atoms with Gasteiger partial charge in [0.2, 0.25) is 0 Å². The number of rotatable bonds is 4. The van der Waals surface area contributed by atoms with Gasteiger partial charge in [-0.05, 0) is 37.5 Å². The van der Waals surface area contributed by atoms with Crippen molar-refractivity contribution in [2.45, 2.75) is 25.4 Å². The minimum atomic E-state index is -0.192. The zero-order valence-corrected chi connectivity index (χ0v) is 14.6. The van der Waals surface area contributed by atoms with Crippen molar-refractivity contribution in [2.24, 2.45) is 5.41 Å². The predicted octanol–water partition coefficient (Wildman–Crippen LogP) is 1.96. The van der Waals surface area contributed by atoms with Crippen LogP contribution in [0.25, 0.3) is 0 Å². The van der Waals surface area contributed by atoms with Gasteiger partial charge in [-0.15, -0.1) is 0 Å². The molecule has 2 aliphatic rings. The number of pyridine rings is 1. The molecule has 4 rings (SSSR count). The van der Waals surface area contributed by atoms with Gasteiger partial charge in [0.15, 0.2) is 0 Å². The maximum absolute atomic E-state index is 12.9. The number of hydrogen-bond acceptors (Lipinski definition) is 6. The second kappa shape index (κ2) is 7.37. The Bertz CT molecular complexity index is 743. The molecule has 7 heteroatoms. The highest BCUT2D eigenvalue weighted by Crippen LogP contribution is 2.41. The van der Waals surface area contributed by atoms with Crippen LogP contribution >= 0.6 is 0 Å². The Hall–Kier alpha value is -2.54. The first-order valence-corrected chi connectivity index (χ1v) is 8.97. The van der Waals surface area contributed by atoms with Crippen molar-refractivity contribution in [1.82, 2.24) is 20.1 Å². The standard InChI is InChI=1S/C19H22N4O3/c24-18(15-4-8-21-22-11-15)23-9-5-17-19(13-23,6-2-10-25-17)14-26-16-3-1-7-20-12-16/h1,3-4,7-8,11-12,17H,2,5-6,9-10,13-14H2. The molecule has 0 aromatic carbocycles. The van der Waals surface area contributed by atoms with Crippen molar-refractivity contribution < 1.29 is 14.3 Å². The lowest BCUT2D eigenvalue weighted by Gasteiger charge is -2.50. The summed E-state index contributed by atoms with van der Waals surface area (Å²) in [5.74, 6) is 0.734. The number of hydrogen-bond donors (Lipinski definition) is 0.